The molecular weight excluding hydrogens is 871 g/mol. The molecular formula is C50H71N9O7S. The number of nitrogens with one attached hydrogen (secondary N) is 2. The summed E-state index contributed by atoms with van der Waals surface area (Å²) in [5, 5.41) is 7.29. The molecule has 6 rings (SSSR count). The maximum Gasteiger partial charge on any atom is 0.324 e. The fourth-order valence-electron chi connectivity index (χ4n) is 9.43. The van der Waals surface area contributed by atoms with Gasteiger partial charge in [0, 0.05) is 86.4 Å². The number of carbonyl (C=O) groups excluding carboxylic acids is 5. The lowest BCUT2D eigenvalue weighted by atomic mass is 9.84. The number of aromatic nitrogens is 2. The molecule has 67 heavy (non-hydrogen) atoms. The number of nitrogens with two attached hydrogens (primary N) is 1. The highest BCUT2D eigenvalue weighted by molar-refractivity contribution is 8.02. The van der Waals surface area contributed by atoms with Crippen LogP contribution < -0.4 is 16.5 Å². The molecule has 16 nitrogen and oxygen atoms in total. The Balaban J connectivity index is 1.36. The van der Waals surface area contributed by atoms with Crippen molar-refractivity contribution in [3.63, 3.8) is 0 Å². The third kappa shape index (κ3) is 11.2. The minimum Gasteiger partial charge on any atom is -0.464 e. The zero-order valence-corrected chi connectivity index (χ0v) is 41.8. The van der Waals surface area contributed by atoms with Crippen LogP contribution in [0.5, 0.6) is 0 Å². The Morgan fingerprint density at radius 2 is 1.88 bits per heavy atom. The van der Waals surface area contributed by atoms with Crippen LogP contribution in [0.3, 0.4) is 0 Å². The minimum absolute atomic E-state index is 0.115. The van der Waals surface area contributed by atoms with Gasteiger partial charge in [0.05, 0.1) is 30.1 Å². The second kappa shape index (κ2) is 21.7. The predicted molar refractivity (Wildman–Crippen MR) is 263 cm³/mol. The summed E-state index contributed by atoms with van der Waals surface area (Å²) in [7, 11) is 4.93. The van der Waals surface area contributed by atoms with E-state index in [4.69, 9.17) is 20.2 Å². The number of likely N-dealkylation sites (tertiary alicyclic amines) is 1. The zero-order chi connectivity index (χ0) is 48.9. The lowest BCUT2D eigenvalue weighted by molar-refractivity contribution is -0.155. The van der Waals surface area contributed by atoms with Crippen molar-refractivity contribution in [1.29, 1.82) is 0 Å². The quantitative estimate of drug-likeness (QED) is 0.149. The number of ether oxygens (including phenoxy) is 2. The molecule has 5 heterocycles. The van der Waals surface area contributed by atoms with Crippen LogP contribution in [-0.4, -0.2) is 136 Å². The van der Waals surface area contributed by atoms with Gasteiger partial charge in [-0.2, -0.15) is 0 Å². The van der Waals surface area contributed by atoms with E-state index in [9.17, 15) is 24.0 Å². The number of benzene rings is 1. The van der Waals surface area contributed by atoms with Crippen molar-refractivity contribution in [1.82, 2.24) is 40.0 Å². The minimum atomic E-state index is -1.01. The summed E-state index contributed by atoms with van der Waals surface area (Å²) in [6.07, 6.45) is 5.22. The van der Waals surface area contributed by atoms with E-state index in [1.165, 1.54) is 27.7 Å². The molecule has 4 N–H and O–H groups in total. The molecule has 3 aliphatic heterocycles. The summed E-state index contributed by atoms with van der Waals surface area (Å²) in [6, 6.07) is 6.98. The number of fused-ring (bicyclic) bond motifs is 3. The predicted octanol–water partition coefficient (Wildman–Crippen LogP) is 6.10. The average Bonchev–Trinajstić information content (AvgIpc) is 3.60. The van der Waals surface area contributed by atoms with Crippen molar-refractivity contribution in [2.75, 3.05) is 47.4 Å². The second-order valence-corrected chi connectivity index (χ2v) is 20.4. The first-order chi connectivity index (χ1) is 31.8. The highest BCUT2D eigenvalue weighted by Crippen LogP contribution is 2.41. The number of amides is 5. The van der Waals surface area contributed by atoms with E-state index >= 15 is 0 Å². The topological polar surface area (TPSA) is 185 Å². The number of pyridine rings is 1. The van der Waals surface area contributed by atoms with Gasteiger partial charge < -0.3 is 39.8 Å². The van der Waals surface area contributed by atoms with Crippen LogP contribution in [0.1, 0.15) is 97.1 Å². The summed E-state index contributed by atoms with van der Waals surface area (Å²) < 4.78 is 14.2. The number of hydrazine groups is 1. The van der Waals surface area contributed by atoms with Crippen LogP contribution in [-0.2, 0) is 41.6 Å². The molecule has 0 saturated carbocycles. The van der Waals surface area contributed by atoms with Gasteiger partial charge in [-0.05, 0) is 98.7 Å². The smallest absolute Gasteiger partial charge is 0.324 e. The van der Waals surface area contributed by atoms with E-state index in [1.54, 1.807) is 37.2 Å². The standard InChI is InChI=1S/C50H71N9O7S/c1-12-34-24-40(53-46(61)44(30(4)5)56(10)49(64)55(9)33-26-57(27-33)42(60)13-2)47(62)59-22-16-18-39(54-59)48(63)66-29-50(7,8)25-37-36-23-32(38(51)28-67-34)19-20-41(36)58(14-3)45(37)35-17-15-21-52-43(35)31(6)65-11/h13,15,17,19-21,23,28,30-31,33-34,39-40,44,54H,2,12,14,16,18,22,24-27,29,51H2,1,3-11H3,(H,53,61)/b38-28-/t31-,34?,39-,40-,44-/m0/s1. The van der Waals surface area contributed by atoms with E-state index in [0.29, 0.717) is 57.6 Å². The number of esters is 1. The molecule has 0 aliphatic carbocycles. The third-order valence-electron chi connectivity index (χ3n) is 13.4. The molecule has 2 fully saturated rings. The Hall–Kier alpha value is -5.39. The molecule has 3 aliphatic rings. The lowest BCUT2D eigenvalue weighted by Crippen LogP contribution is -2.65. The monoisotopic (exact) mass is 942 g/mol. The van der Waals surface area contributed by atoms with Gasteiger partial charge >= 0.3 is 12.0 Å². The first-order valence-corrected chi connectivity index (χ1v) is 24.5. The van der Waals surface area contributed by atoms with E-state index in [0.717, 1.165) is 39.0 Å². The van der Waals surface area contributed by atoms with E-state index in [2.05, 4.69) is 60.9 Å². The number of urea groups is 1. The van der Waals surface area contributed by atoms with Crippen molar-refractivity contribution in [2.45, 2.75) is 123 Å². The summed E-state index contributed by atoms with van der Waals surface area (Å²) >= 11 is 1.51. The van der Waals surface area contributed by atoms with Crippen molar-refractivity contribution in [2.24, 2.45) is 17.1 Å². The van der Waals surface area contributed by atoms with Crippen LogP contribution in [0, 0.1) is 11.3 Å². The largest absolute Gasteiger partial charge is 0.464 e. The van der Waals surface area contributed by atoms with E-state index < -0.39 is 41.3 Å². The molecule has 0 spiro atoms. The van der Waals surface area contributed by atoms with Gasteiger partial charge in [0.25, 0.3) is 5.91 Å². The van der Waals surface area contributed by atoms with Crippen LogP contribution >= 0.6 is 11.8 Å². The van der Waals surface area contributed by atoms with Gasteiger partial charge in [-0.15, -0.1) is 11.8 Å². The van der Waals surface area contributed by atoms with Crippen molar-refractivity contribution in [3.8, 4) is 11.3 Å². The van der Waals surface area contributed by atoms with Gasteiger partial charge in [0.15, 0.2) is 0 Å². The van der Waals surface area contributed by atoms with Gasteiger partial charge in [-0.25, -0.2) is 10.2 Å². The average molecular weight is 942 g/mol. The Bertz CT molecular complexity index is 2360. The maximum atomic E-state index is 14.7. The number of methoxy groups -OCH3 is 1. The molecule has 2 saturated heterocycles. The van der Waals surface area contributed by atoms with Gasteiger partial charge in [-0.3, -0.25) is 29.2 Å². The van der Waals surface area contributed by atoms with Crippen LogP contribution in [0.15, 0.2) is 54.6 Å². The molecule has 1 aromatic carbocycles. The number of hydrogen-bond acceptors (Lipinski definition) is 11. The number of likely N-dealkylation sites (N-methyl/N-ethyl adjacent to an activating group) is 2. The highest BCUT2D eigenvalue weighted by atomic mass is 32.2. The number of rotatable bonds is 11. The van der Waals surface area contributed by atoms with Crippen molar-refractivity contribution >= 4 is 58.1 Å². The summed E-state index contributed by atoms with van der Waals surface area (Å²) in [5.74, 6) is -1.85. The highest BCUT2D eigenvalue weighted by Gasteiger charge is 2.41. The van der Waals surface area contributed by atoms with E-state index in [-0.39, 0.29) is 48.3 Å². The Labute approximate surface area is 400 Å². The molecule has 2 aromatic heterocycles. The summed E-state index contributed by atoms with van der Waals surface area (Å²) in [6.45, 7) is 19.4. The molecule has 5 amide bonds. The zero-order valence-electron chi connectivity index (χ0n) is 41.0. The van der Waals surface area contributed by atoms with Gasteiger partial charge in [0.2, 0.25) is 11.8 Å². The first-order valence-electron chi connectivity index (χ1n) is 23.5. The molecule has 5 atom stereocenters. The van der Waals surface area contributed by atoms with E-state index in [1.807, 2.05) is 45.2 Å². The fourth-order valence-corrected chi connectivity index (χ4v) is 10.4. The SMILES string of the molecule is C=CC(=O)N1CC(N(C)C(=O)N(C)[C@H](C(=O)N[C@H]2CC(CC)S/C=C(\N)c3ccc4c(c3)c(c(-c3cccnc3[C@H](C)OC)n4CC)CC(C)(C)COC(=O)[C@@H]3CCCN(N3)C2=O)C(C)C)C1. The number of nitrogens with zero attached hydrogens (tertiary/aromatic N) is 6. The summed E-state index contributed by atoms with van der Waals surface area (Å²) in [5.41, 5.74) is 15.9. The van der Waals surface area contributed by atoms with Gasteiger partial charge in [-0.1, -0.05) is 47.3 Å². The number of thioether (sulfide) groups is 1. The van der Waals surface area contributed by atoms with Gasteiger partial charge in [0.1, 0.15) is 18.1 Å². The lowest BCUT2D eigenvalue weighted by Gasteiger charge is -2.45. The molecule has 364 valence electrons. The molecule has 4 bridgehead atoms. The van der Waals surface area contributed by atoms with Crippen LogP contribution in [0.25, 0.3) is 27.9 Å². The molecule has 0 radical (unpaired) electrons. The normalized spacial score (nSPS) is 22.4. The second-order valence-electron chi connectivity index (χ2n) is 19.2. The maximum absolute atomic E-state index is 14.7. The third-order valence-corrected chi connectivity index (χ3v) is 14.7. The fraction of sp³-hybridized carbons (Fsp3) is 0.560. The van der Waals surface area contributed by atoms with Crippen molar-refractivity contribution in [3.05, 3.63) is 71.4 Å². The first kappa shape index (κ1) is 51.0. The Morgan fingerprint density at radius 1 is 1.15 bits per heavy atom. The molecule has 17 heteroatoms. The van der Waals surface area contributed by atoms with Crippen molar-refractivity contribution < 1.29 is 33.4 Å². The number of hydrogen-bond donors (Lipinski definition) is 3. The summed E-state index contributed by atoms with van der Waals surface area (Å²) in [4.78, 5) is 78.4. The Kier molecular flexibility index (Phi) is 16.5. The Morgan fingerprint density at radius 3 is 2.54 bits per heavy atom. The van der Waals surface area contributed by atoms with Crippen LogP contribution in [0.4, 0.5) is 4.79 Å². The number of cyclic esters (lactones) is 1. The molecule has 1 unspecified atom stereocenters. The number of carbonyl (C=O) groups is 5. The molecule has 3 aromatic rings. The van der Waals surface area contributed by atoms with Crippen LogP contribution in [0.2, 0.25) is 0 Å². The number of aryl methyl sites for hydroxylation is 1.